The summed E-state index contributed by atoms with van der Waals surface area (Å²) in [5.41, 5.74) is 12.6. The summed E-state index contributed by atoms with van der Waals surface area (Å²) in [4.78, 5) is 24.1. The summed E-state index contributed by atoms with van der Waals surface area (Å²) in [5, 5.41) is 2.38. The average Bonchev–Trinajstić information content (AvgIpc) is 2.34. The highest BCUT2D eigenvalue weighted by atomic mass is 16.2. The van der Waals surface area contributed by atoms with Crippen molar-refractivity contribution in [2.75, 3.05) is 11.5 Å². The van der Waals surface area contributed by atoms with Gasteiger partial charge < -0.3 is 11.5 Å². The lowest BCUT2D eigenvalue weighted by atomic mass is 9.70. The first-order valence-corrected chi connectivity index (χ1v) is 6.02. The zero-order valence-electron chi connectivity index (χ0n) is 10.5. The van der Waals surface area contributed by atoms with Gasteiger partial charge >= 0.3 is 0 Å². The fraction of sp³-hybridized carbons (Fsp3) is 0.385. The number of carbonyl (C=O) groups excluding carboxylic acids is 2. The second-order valence-electron chi connectivity index (χ2n) is 4.56. The summed E-state index contributed by atoms with van der Waals surface area (Å²) < 4.78 is 0. The molecule has 0 aliphatic carbocycles. The standard InChI is InChI=1S/C13H17N3O2/c1-3-13(4-2)7-5-6-8(14)10(15)9(7)11(17)16-12(13)18/h5-6H,3-4,14-15H2,1-2H3,(H,16,17,18). The van der Waals surface area contributed by atoms with E-state index in [-0.39, 0.29) is 11.6 Å². The van der Waals surface area contributed by atoms with Crippen LogP contribution in [0.15, 0.2) is 12.1 Å². The summed E-state index contributed by atoms with van der Waals surface area (Å²) in [5.74, 6) is -0.716. The molecule has 0 saturated carbocycles. The fourth-order valence-corrected chi connectivity index (χ4v) is 2.64. The van der Waals surface area contributed by atoms with Gasteiger partial charge in [0.05, 0.1) is 22.4 Å². The summed E-state index contributed by atoms with van der Waals surface area (Å²) in [6, 6.07) is 3.39. The Labute approximate surface area is 106 Å². The van der Waals surface area contributed by atoms with Gasteiger partial charge in [-0.2, -0.15) is 0 Å². The summed E-state index contributed by atoms with van der Waals surface area (Å²) in [6.07, 6.45) is 1.22. The molecule has 1 aliphatic rings. The summed E-state index contributed by atoms with van der Waals surface area (Å²) in [7, 11) is 0. The number of imide groups is 1. The van der Waals surface area contributed by atoms with Crippen molar-refractivity contribution in [3.63, 3.8) is 0 Å². The van der Waals surface area contributed by atoms with Crippen LogP contribution in [0.25, 0.3) is 0 Å². The second kappa shape index (κ2) is 4.01. The van der Waals surface area contributed by atoms with Gasteiger partial charge in [0.25, 0.3) is 5.91 Å². The number of nitrogens with one attached hydrogen (secondary N) is 1. The summed E-state index contributed by atoms with van der Waals surface area (Å²) >= 11 is 0. The van der Waals surface area contributed by atoms with E-state index in [2.05, 4.69) is 5.32 Å². The molecule has 18 heavy (non-hydrogen) atoms. The second-order valence-corrected chi connectivity index (χ2v) is 4.56. The van der Waals surface area contributed by atoms with Gasteiger partial charge in [0.15, 0.2) is 0 Å². The van der Waals surface area contributed by atoms with Crippen LogP contribution in [0.3, 0.4) is 0 Å². The third kappa shape index (κ3) is 1.40. The molecule has 5 heteroatoms. The van der Waals surface area contributed by atoms with Crippen LogP contribution < -0.4 is 16.8 Å². The Hall–Kier alpha value is -2.04. The molecule has 96 valence electrons. The highest BCUT2D eigenvalue weighted by Gasteiger charge is 2.45. The van der Waals surface area contributed by atoms with Crippen molar-refractivity contribution in [2.45, 2.75) is 32.1 Å². The Kier molecular flexibility index (Phi) is 2.77. The lowest BCUT2D eigenvalue weighted by molar-refractivity contribution is -0.126. The van der Waals surface area contributed by atoms with Crippen molar-refractivity contribution >= 4 is 23.2 Å². The SMILES string of the molecule is CCC1(CC)C(=O)NC(=O)c2c1ccc(N)c2N. The Morgan fingerprint density at radius 2 is 1.78 bits per heavy atom. The number of nitrogen functional groups attached to an aromatic ring is 2. The molecular formula is C13H17N3O2. The van der Waals surface area contributed by atoms with Gasteiger partial charge in [0.2, 0.25) is 5.91 Å². The highest BCUT2D eigenvalue weighted by Crippen LogP contribution is 2.40. The van der Waals surface area contributed by atoms with Gasteiger partial charge in [0, 0.05) is 0 Å². The maximum absolute atomic E-state index is 12.1. The molecule has 0 spiro atoms. The molecule has 0 unspecified atom stereocenters. The van der Waals surface area contributed by atoms with Gasteiger partial charge in [-0.3, -0.25) is 14.9 Å². The number of nitrogens with two attached hydrogens (primary N) is 2. The normalized spacial score (nSPS) is 17.2. The quantitative estimate of drug-likeness (QED) is 0.540. The molecule has 5 N–H and O–H groups in total. The van der Waals surface area contributed by atoms with E-state index in [0.29, 0.717) is 29.7 Å². The molecule has 0 radical (unpaired) electrons. The topological polar surface area (TPSA) is 98.2 Å². The molecule has 1 aromatic rings. The van der Waals surface area contributed by atoms with E-state index in [1.165, 1.54) is 0 Å². The number of benzene rings is 1. The lowest BCUT2D eigenvalue weighted by Crippen LogP contribution is -2.51. The van der Waals surface area contributed by atoms with Gasteiger partial charge in [-0.25, -0.2) is 0 Å². The van der Waals surface area contributed by atoms with Crippen molar-refractivity contribution in [1.82, 2.24) is 5.32 Å². The predicted octanol–water partition coefficient (Wildman–Crippen LogP) is 1.18. The van der Waals surface area contributed by atoms with Crippen molar-refractivity contribution in [2.24, 2.45) is 0 Å². The molecule has 1 aromatic carbocycles. The number of rotatable bonds is 2. The van der Waals surface area contributed by atoms with Crippen LogP contribution in [0.2, 0.25) is 0 Å². The molecule has 0 bridgehead atoms. The Morgan fingerprint density at radius 3 is 2.33 bits per heavy atom. The van der Waals surface area contributed by atoms with Crippen molar-refractivity contribution in [1.29, 1.82) is 0 Å². The number of hydrogen-bond acceptors (Lipinski definition) is 4. The van der Waals surface area contributed by atoms with Crippen molar-refractivity contribution in [3.8, 4) is 0 Å². The largest absolute Gasteiger partial charge is 0.397 e. The minimum absolute atomic E-state index is 0.253. The first-order valence-electron chi connectivity index (χ1n) is 6.02. The smallest absolute Gasteiger partial charge is 0.260 e. The Bertz CT molecular complexity index is 533. The molecule has 1 aliphatic heterocycles. The van der Waals surface area contributed by atoms with E-state index in [1.807, 2.05) is 13.8 Å². The first-order chi connectivity index (χ1) is 8.47. The number of anilines is 2. The van der Waals surface area contributed by atoms with E-state index in [1.54, 1.807) is 12.1 Å². The number of carbonyl (C=O) groups is 2. The van der Waals surface area contributed by atoms with Crippen LogP contribution in [0.4, 0.5) is 11.4 Å². The van der Waals surface area contributed by atoms with Crippen LogP contribution >= 0.6 is 0 Å². The van der Waals surface area contributed by atoms with Crippen LogP contribution in [-0.2, 0) is 10.2 Å². The van der Waals surface area contributed by atoms with Crippen molar-refractivity contribution < 1.29 is 9.59 Å². The number of amides is 2. The molecule has 5 nitrogen and oxygen atoms in total. The average molecular weight is 247 g/mol. The minimum atomic E-state index is -0.689. The molecule has 0 atom stereocenters. The predicted molar refractivity (Wildman–Crippen MR) is 70.0 cm³/mol. The molecule has 0 fully saturated rings. The maximum atomic E-state index is 12.1. The van der Waals surface area contributed by atoms with E-state index >= 15 is 0 Å². The van der Waals surface area contributed by atoms with E-state index < -0.39 is 11.3 Å². The molecule has 2 rings (SSSR count). The van der Waals surface area contributed by atoms with E-state index in [0.717, 1.165) is 0 Å². The molecular weight excluding hydrogens is 230 g/mol. The highest BCUT2D eigenvalue weighted by molar-refractivity contribution is 6.16. The zero-order chi connectivity index (χ0) is 13.5. The molecule has 2 amide bonds. The van der Waals surface area contributed by atoms with Crippen LogP contribution in [0, 0.1) is 0 Å². The minimum Gasteiger partial charge on any atom is -0.397 e. The summed E-state index contributed by atoms with van der Waals surface area (Å²) in [6.45, 7) is 3.85. The Balaban J connectivity index is 2.79. The number of fused-ring (bicyclic) bond motifs is 1. The molecule has 1 heterocycles. The van der Waals surface area contributed by atoms with Crippen LogP contribution in [0.1, 0.15) is 42.6 Å². The molecule has 0 saturated heterocycles. The first kappa shape index (κ1) is 12.4. The lowest BCUT2D eigenvalue weighted by Gasteiger charge is -2.36. The van der Waals surface area contributed by atoms with Gasteiger partial charge in [-0.15, -0.1) is 0 Å². The van der Waals surface area contributed by atoms with Gasteiger partial charge in [-0.1, -0.05) is 19.9 Å². The van der Waals surface area contributed by atoms with E-state index in [4.69, 9.17) is 11.5 Å². The Morgan fingerprint density at radius 1 is 1.17 bits per heavy atom. The molecule has 0 aromatic heterocycles. The van der Waals surface area contributed by atoms with Gasteiger partial charge in [0.1, 0.15) is 0 Å². The van der Waals surface area contributed by atoms with E-state index in [9.17, 15) is 9.59 Å². The monoisotopic (exact) mass is 247 g/mol. The number of hydrogen-bond donors (Lipinski definition) is 3. The zero-order valence-corrected chi connectivity index (χ0v) is 10.5. The van der Waals surface area contributed by atoms with Crippen LogP contribution in [0.5, 0.6) is 0 Å². The van der Waals surface area contributed by atoms with Gasteiger partial charge in [-0.05, 0) is 24.5 Å². The van der Waals surface area contributed by atoms with Crippen molar-refractivity contribution in [3.05, 3.63) is 23.3 Å². The third-order valence-electron chi connectivity index (χ3n) is 3.89. The maximum Gasteiger partial charge on any atom is 0.260 e. The van der Waals surface area contributed by atoms with Crippen LogP contribution in [-0.4, -0.2) is 11.8 Å². The fourth-order valence-electron chi connectivity index (χ4n) is 2.64. The third-order valence-corrected chi connectivity index (χ3v) is 3.89.